The Labute approximate surface area is 183 Å². The van der Waals surface area contributed by atoms with Crippen LogP contribution in [0.3, 0.4) is 0 Å². The van der Waals surface area contributed by atoms with Gasteiger partial charge in [0.15, 0.2) is 11.5 Å². The normalized spacial score (nSPS) is 15.8. The number of ketones is 1. The van der Waals surface area contributed by atoms with Crippen molar-refractivity contribution in [2.75, 3.05) is 7.11 Å². The van der Waals surface area contributed by atoms with Crippen LogP contribution >= 0.6 is 0 Å². The van der Waals surface area contributed by atoms with Gasteiger partial charge in [0.1, 0.15) is 5.75 Å². The first-order chi connectivity index (χ1) is 15.4. The maximum atomic E-state index is 13.1. The van der Waals surface area contributed by atoms with E-state index in [0.717, 1.165) is 0 Å². The fraction of sp³-hybridized carbons (Fsp3) is 0.125. The van der Waals surface area contributed by atoms with Crippen molar-refractivity contribution >= 4 is 17.7 Å². The molecule has 4 rings (SSSR count). The lowest BCUT2D eigenvalue weighted by molar-refractivity contribution is -0.130. The van der Waals surface area contributed by atoms with Crippen LogP contribution in [0, 0.1) is 0 Å². The van der Waals surface area contributed by atoms with E-state index in [-0.39, 0.29) is 23.4 Å². The van der Waals surface area contributed by atoms with Gasteiger partial charge in [-0.2, -0.15) is 0 Å². The number of carboxylic acids is 1. The standard InChI is InChI=1S/C24H19NO7/c1-31-17-5-2-4-16(12-17)20-19(21(26)18-6-3-11-32-18)22(27)23(28)25(20)13-14-7-9-15(10-8-14)24(29)30/h2-12,20,27H,13H2,1H3,(H,29,30). The Balaban J connectivity index is 1.77. The molecule has 1 amide bonds. The van der Waals surface area contributed by atoms with E-state index < -0.39 is 29.5 Å². The Morgan fingerprint density at radius 1 is 1.09 bits per heavy atom. The summed E-state index contributed by atoms with van der Waals surface area (Å²) in [5.41, 5.74) is 1.22. The molecular weight excluding hydrogens is 414 g/mol. The fourth-order valence-electron chi connectivity index (χ4n) is 3.70. The summed E-state index contributed by atoms with van der Waals surface area (Å²) in [5, 5.41) is 19.8. The summed E-state index contributed by atoms with van der Waals surface area (Å²) >= 11 is 0. The number of methoxy groups -OCH3 is 1. The fourth-order valence-corrected chi connectivity index (χ4v) is 3.70. The first-order valence-corrected chi connectivity index (χ1v) is 9.69. The van der Waals surface area contributed by atoms with E-state index in [2.05, 4.69) is 0 Å². The molecule has 2 N–H and O–H groups in total. The van der Waals surface area contributed by atoms with Gasteiger partial charge in [-0.25, -0.2) is 4.79 Å². The molecule has 2 heterocycles. The van der Waals surface area contributed by atoms with Crippen molar-refractivity contribution in [2.45, 2.75) is 12.6 Å². The monoisotopic (exact) mass is 433 g/mol. The van der Waals surface area contributed by atoms with Crippen LogP contribution in [-0.2, 0) is 11.3 Å². The molecule has 0 aliphatic carbocycles. The number of carbonyl (C=O) groups is 3. The van der Waals surface area contributed by atoms with Crippen LogP contribution in [0.5, 0.6) is 5.75 Å². The second kappa shape index (κ2) is 8.43. The van der Waals surface area contributed by atoms with Crippen LogP contribution in [0.25, 0.3) is 0 Å². The summed E-state index contributed by atoms with van der Waals surface area (Å²) in [6.45, 7) is 0.0413. The van der Waals surface area contributed by atoms with Gasteiger partial charge in [-0.15, -0.1) is 0 Å². The average molecular weight is 433 g/mol. The zero-order valence-corrected chi connectivity index (χ0v) is 17.0. The predicted octanol–water partition coefficient (Wildman–Crippen LogP) is 3.76. The lowest BCUT2D eigenvalue weighted by atomic mass is 9.94. The minimum atomic E-state index is -1.06. The Morgan fingerprint density at radius 2 is 1.84 bits per heavy atom. The molecule has 0 saturated heterocycles. The second-order valence-electron chi connectivity index (χ2n) is 7.18. The summed E-state index contributed by atoms with van der Waals surface area (Å²) in [6.07, 6.45) is 1.34. The Morgan fingerprint density at radius 3 is 2.47 bits per heavy atom. The van der Waals surface area contributed by atoms with E-state index in [4.69, 9.17) is 14.3 Å². The summed E-state index contributed by atoms with van der Waals surface area (Å²) in [4.78, 5) is 38.6. The number of aliphatic hydroxyl groups is 1. The average Bonchev–Trinajstić information content (AvgIpc) is 3.42. The number of amides is 1. The second-order valence-corrected chi connectivity index (χ2v) is 7.18. The van der Waals surface area contributed by atoms with Gasteiger partial charge in [0, 0.05) is 6.54 Å². The summed E-state index contributed by atoms with van der Waals surface area (Å²) in [6, 6.07) is 15.0. The molecule has 0 saturated carbocycles. The molecule has 1 unspecified atom stereocenters. The van der Waals surface area contributed by atoms with E-state index in [1.54, 1.807) is 42.5 Å². The Kier molecular flexibility index (Phi) is 5.51. The first kappa shape index (κ1) is 20.9. The molecule has 1 aromatic heterocycles. The number of benzene rings is 2. The van der Waals surface area contributed by atoms with Crippen molar-refractivity contribution in [3.05, 3.63) is 101 Å². The SMILES string of the molecule is COc1cccc(C2C(C(=O)c3ccco3)=C(O)C(=O)N2Cc2ccc(C(=O)O)cc2)c1. The molecule has 2 aromatic carbocycles. The molecule has 3 aromatic rings. The largest absolute Gasteiger partial charge is 0.503 e. The Hall–Kier alpha value is -4.33. The van der Waals surface area contributed by atoms with Gasteiger partial charge in [0.25, 0.3) is 5.91 Å². The van der Waals surface area contributed by atoms with Crippen LogP contribution in [-0.4, -0.2) is 39.9 Å². The molecule has 0 radical (unpaired) electrons. The van der Waals surface area contributed by atoms with Crippen LogP contribution in [0.4, 0.5) is 0 Å². The minimum absolute atomic E-state index is 0.0000859. The topological polar surface area (TPSA) is 117 Å². The molecule has 0 spiro atoms. The van der Waals surface area contributed by atoms with Gasteiger partial charge in [-0.1, -0.05) is 24.3 Å². The number of hydrogen-bond acceptors (Lipinski definition) is 6. The highest BCUT2D eigenvalue weighted by molar-refractivity contribution is 6.15. The highest BCUT2D eigenvalue weighted by atomic mass is 16.5. The van der Waals surface area contributed by atoms with Crippen molar-refractivity contribution < 1.29 is 33.8 Å². The minimum Gasteiger partial charge on any atom is -0.503 e. The van der Waals surface area contributed by atoms with E-state index in [9.17, 15) is 19.5 Å². The first-order valence-electron chi connectivity index (χ1n) is 9.69. The molecule has 32 heavy (non-hydrogen) atoms. The summed E-state index contributed by atoms with van der Waals surface area (Å²) in [5.74, 6) is -2.50. The zero-order valence-electron chi connectivity index (χ0n) is 17.0. The maximum absolute atomic E-state index is 13.1. The molecular formula is C24H19NO7. The van der Waals surface area contributed by atoms with E-state index in [0.29, 0.717) is 16.9 Å². The highest BCUT2D eigenvalue weighted by Crippen LogP contribution is 2.40. The van der Waals surface area contributed by atoms with Gasteiger partial charge < -0.3 is 24.3 Å². The zero-order chi connectivity index (χ0) is 22.8. The van der Waals surface area contributed by atoms with Crippen molar-refractivity contribution in [1.82, 2.24) is 4.90 Å². The number of nitrogens with zero attached hydrogens (tertiary/aromatic N) is 1. The van der Waals surface area contributed by atoms with Crippen molar-refractivity contribution in [3.8, 4) is 5.75 Å². The van der Waals surface area contributed by atoms with E-state index in [1.165, 1.54) is 36.5 Å². The number of aliphatic hydroxyl groups excluding tert-OH is 1. The molecule has 0 bridgehead atoms. The quantitative estimate of drug-likeness (QED) is 0.545. The van der Waals surface area contributed by atoms with Crippen molar-refractivity contribution in [3.63, 3.8) is 0 Å². The van der Waals surface area contributed by atoms with Gasteiger partial charge in [0.05, 0.1) is 30.6 Å². The van der Waals surface area contributed by atoms with Crippen LogP contribution < -0.4 is 4.74 Å². The lowest BCUT2D eigenvalue weighted by Crippen LogP contribution is -2.30. The number of Topliss-reactive ketones (excluding diaryl/α,β-unsaturated/α-hetero) is 1. The third kappa shape index (κ3) is 3.74. The number of furan rings is 1. The smallest absolute Gasteiger partial charge is 0.335 e. The van der Waals surface area contributed by atoms with Crippen LogP contribution in [0.1, 0.15) is 38.1 Å². The number of rotatable bonds is 7. The third-order valence-corrected chi connectivity index (χ3v) is 5.26. The van der Waals surface area contributed by atoms with Gasteiger partial charge in [-0.3, -0.25) is 9.59 Å². The van der Waals surface area contributed by atoms with E-state index in [1.807, 2.05) is 0 Å². The molecule has 8 heteroatoms. The molecule has 8 nitrogen and oxygen atoms in total. The van der Waals surface area contributed by atoms with Crippen molar-refractivity contribution in [2.24, 2.45) is 0 Å². The Bertz CT molecular complexity index is 1210. The maximum Gasteiger partial charge on any atom is 0.335 e. The highest BCUT2D eigenvalue weighted by Gasteiger charge is 2.44. The molecule has 1 atom stereocenters. The third-order valence-electron chi connectivity index (χ3n) is 5.26. The van der Waals surface area contributed by atoms with E-state index >= 15 is 0 Å². The van der Waals surface area contributed by atoms with Crippen molar-refractivity contribution in [1.29, 1.82) is 0 Å². The number of carbonyl (C=O) groups excluding carboxylic acids is 2. The predicted molar refractivity (Wildman–Crippen MR) is 112 cm³/mol. The molecule has 1 aliphatic heterocycles. The van der Waals surface area contributed by atoms with Crippen LogP contribution in [0.15, 0.2) is 82.7 Å². The van der Waals surface area contributed by atoms with Crippen LogP contribution in [0.2, 0.25) is 0 Å². The number of ether oxygens (including phenoxy) is 1. The van der Waals surface area contributed by atoms with Gasteiger partial charge in [-0.05, 0) is 47.5 Å². The van der Waals surface area contributed by atoms with Gasteiger partial charge >= 0.3 is 5.97 Å². The molecule has 162 valence electrons. The summed E-state index contributed by atoms with van der Waals surface area (Å²) in [7, 11) is 1.50. The number of aromatic carboxylic acids is 1. The van der Waals surface area contributed by atoms with Gasteiger partial charge in [0.2, 0.25) is 5.78 Å². The lowest BCUT2D eigenvalue weighted by Gasteiger charge is -2.27. The number of hydrogen-bond donors (Lipinski definition) is 2. The molecule has 0 fully saturated rings. The molecule has 1 aliphatic rings. The summed E-state index contributed by atoms with van der Waals surface area (Å²) < 4.78 is 10.5. The number of carboxylic acid groups (broad SMARTS) is 1.